The van der Waals surface area contributed by atoms with Crippen molar-refractivity contribution in [3.8, 4) is 11.5 Å². The Morgan fingerprint density at radius 3 is 2.55 bits per heavy atom. The van der Waals surface area contributed by atoms with Gasteiger partial charge in [-0.3, -0.25) is 9.59 Å². The molecular weight excluding hydrogens is 392 g/mol. The molecule has 0 aromatic heterocycles. The zero-order chi connectivity index (χ0) is 22.1. The average Bonchev–Trinajstić information content (AvgIpc) is 3.26. The molecule has 1 N–H and O–H groups in total. The maximum absolute atomic E-state index is 13.3. The summed E-state index contributed by atoms with van der Waals surface area (Å²) in [6, 6.07) is 15.1. The van der Waals surface area contributed by atoms with Crippen LogP contribution in [0.1, 0.15) is 50.7 Å². The predicted molar refractivity (Wildman–Crippen MR) is 120 cm³/mol. The molecule has 1 aliphatic heterocycles. The Balaban J connectivity index is 1.70. The second kappa shape index (κ2) is 11.4. The van der Waals surface area contributed by atoms with Crippen molar-refractivity contribution in [2.45, 2.75) is 58.5 Å². The van der Waals surface area contributed by atoms with Gasteiger partial charge in [0.25, 0.3) is 0 Å². The van der Waals surface area contributed by atoms with Gasteiger partial charge in [-0.05, 0) is 42.5 Å². The summed E-state index contributed by atoms with van der Waals surface area (Å²) in [5.41, 5.74) is 2.02. The molecule has 2 aromatic rings. The lowest BCUT2D eigenvalue weighted by atomic mass is 10.1. The molecule has 0 saturated heterocycles. The highest BCUT2D eigenvalue weighted by molar-refractivity contribution is 5.87. The molecule has 6 nitrogen and oxygen atoms in total. The maximum atomic E-state index is 13.3. The predicted octanol–water partition coefficient (Wildman–Crippen LogP) is 4.07. The number of hydrogen-bond acceptors (Lipinski definition) is 4. The summed E-state index contributed by atoms with van der Waals surface area (Å²) in [6.07, 6.45) is 3.42. The number of hydrogen-bond donors (Lipinski definition) is 1. The molecule has 31 heavy (non-hydrogen) atoms. The fraction of sp³-hybridized carbons (Fsp3) is 0.440. The summed E-state index contributed by atoms with van der Waals surface area (Å²) in [6.45, 7) is 5.32. The van der Waals surface area contributed by atoms with E-state index in [1.165, 1.54) is 0 Å². The van der Waals surface area contributed by atoms with Crippen LogP contribution < -0.4 is 14.8 Å². The SMILES string of the molecule is CCCCNC(=O)[C@@H](CC)N(Cc1ccccc1)C(=O)CCc1ccc2c(c1)OCO2. The van der Waals surface area contributed by atoms with Gasteiger partial charge in [-0.15, -0.1) is 0 Å². The zero-order valence-electron chi connectivity index (χ0n) is 18.4. The molecule has 2 aromatic carbocycles. The Morgan fingerprint density at radius 1 is 1.03 bits per heavy atom. The molecule has 0 unspecified atom stereocenters. The minimum atomic E-state index is -0.485. The van der Waals surface area contributed by atoms with Crippen LogP contribution in [0.25, 0.3) is 0 Å². The third-order valence-corrected chi connectivity index (χ3v) is 5.48. The van der Waals surface area contributed by atoms with Crippen molar-refractivity contribution in [3.05, 3.63) is 59.7 Å². The first kappa shape index (κ1) is 22.7. The van der Waals surface area contributed by atoms with Gasteiger partial charge >= 0.3 is 0 Å². The van der Waals surface area contributed by atoms with Crippen LogP contribution in [-0.2, 0) is 22.6 Å². The van der Waals surface area contributed by atoms with Crippen LogP contribution >= 0.6 is 0 Å². The third kappa shape index (κ3) is 6.23. The van der Waals surface area contributed by atoms with Crippen LogP contribution in [0.2, 0.25) is 0 Å². The largest absolute Gasteiger partial charge is 0.454 e. The van der Waals surface area contributed by atoms with Gasteiger partial charge in [-0.1, -0.05) is 56.7 Å². The molecule has 0 spiro atoms. The summed E-state index contributed by atoms with van der Waals surface area (Å²) in [5, 5.41) is 2.99. The molecule has 0 radical (unpaired) electrons. The number of nitrogens with one attached hydrogen (secondary N) is 1. The monoisotopic (exact) mass is 424 g/mol. The number of unbranched alkanes of at least 4 members (excludes halogenated alkanes) is 1. The molecule has 6 heteroatoms. The Labute approximate surface area is 184 Å². The number of amides is 2. The first-order valence-corrected chi connectivity index (χ1v) is 11.1. The van der Waals surface area contributed by atoms with Gasteiger partial charge in [0.2, 0.25) is 18.6 Å². The van der Waals surface area contributed by atoms with Crippen LogP contribution in [0.5, 0.6) is 11.5 Å². The van der Waals surface area contributed by atoms with Crippen LogP contribution in [0, 0.1) is 0 Å². The van der Waals surface area contributed by atoms with Gasteiger partial charge in [0.15, 0.2) is 11.5 Å². The number of ether oxygens (including phenoxy) is 2. The number of benzene rings is 2. The van der Waals surface area contributed by atoms with Crippen molar-refractivity contribution < 1.29 is 19.1 Å². The summed E-state index contributed by atoms with van der Waals surface area (Å²) in [4.78, 5) is 27.9. The van der Waals surface area contributed by atoms with E-state index in [4.69, 9.17) is 9.47 Å². The summed E-state index contributed by atoms with van der Waals surface area (Å²) < 4.78 is 10.8. The standard InChI is InChI=1S/C25H32N2O4/c1-3-5-15-26-25(29)21(4-2)27(17-20-9-7-6-8-10-20)24(28)14-12-19-11-13-22-23(16-19)31-18-30-22/h6-11,13,16,21H,3-5,12,14-15,17-18H2,1-2H3,(H,26,29)/t21-/m1/s1. The fourth-order valence-electron chi connectivity index (χ4n) is 3.70. The number of rotatable bonds is 11. The summed E-state index contributed by atoms with van der Waals surface area (Å²) >= 11 is 0. The van der Waals surface area contributed by atoms with Crippen molar-refractivity contribution in [1.29, 1.82) is 0 Å². The van der Waals surface area contributed by atoms with Crippen LogP contribution in [0.4, 0.5) is 0 Å². The number of aryl methyl sites for hydroxylation is 1. The minimum Gasteiger partial charge on any atom is -0.454 e. The lowest BCUT2D eigenvalue weighted by molar-refractivity contribution is -0.141. The molecule has 1 heterocycles. The van der Waals surface area contributed by atoms with Crippen molar-refractivity contribution in [2.24, 2.45) is 0 Å². The first-order chi connectivity index (χ1) is 15.1. The van der Waals surface area contributed by atoms with E-state index in [-0.39, 0.29) is 18.6 Å². The highest BCUT2D eigenvalue weighted by Crippen LogP contribution is 2.32. The maximum Gasteiger partial charge on any atom is 0.242 e. The molecule has 0 saturated carbocycles. The van der Waals surface area contributed by atoms with E-state index in [0.717, 1.165) is 29.7 Å². The third-order valence-electron chi connectivity index (χ3n) is 5.48. The first-order valence-electron chi connectivity index (χ1n) is 11.1. The van der Waals surface area contributed by atoms with Gasteiger partial charge in [0, 0.05) is 19.5 Å². The van der Waals surface area contributed by atoms with E-state index in [9.17, 15) is 9.59 Å². The van der Waals surface area contributed by atoms with E-state index in [1.54, 1.807) is 4.90 Å². The normalized spacial score (nSPS) is 13.0. The van der Waals surface area contributed by atoms with E-state index >= 15 is 0 Å². The Morgan fingerprint density at radius 2 is 1.81 bits per heavy atom. The van der Waals surface area contributed by atoms with E-state index in [1.807, 2.05) is 55.5 Å². The van der Waals surface area contributed by atoms with Crippen molar-refractivity contribution in [1.82, 2.24) is 10.2 Å². The van der Waals surface area contributed by atoms with Gasteiger partial charge in [0.05, 0.1) is 0 Å². The minimum absolute atomic E-state index is 0.0287. The molecular formula is C25H32N2O4. The highest BCUT2D eigenvalue weighted by Gasteiger charge is 2.28. The lowest BCUT2D eigenvalue weighted by Crippen LogP contribution is -2.49. The Bertz CT molecular complexity index is 869. The molecule has 0 aliphatic carbocycles. The smallest absolute Gasteiger partial charge is 0.242 e. The Kier molecular flexibility index (Phi) is 8.33. The van der Waals surface area contributed by atoms with Crippen LogP contribution in [-0.4, -0.2) is 36.1 Å². The molecule has 1 atom stereocenters. The lowest BCUT2D eigenvalue weighted by Gasteiger charge is -2.31. The average molecular weight is 425 g/mol. The Hall–Kier alpha value is -3.02. The highest BCUT2D eigenvalue weighted by atomic mass is 16.7. The van der Waals surface area contributed by atoms with Gasteiger partial charge in [-0.25, -0.2) is 0 Å². The van der Waals surface area contributed by atoms with E-state index in [2.05, 4.69) is 12.2 Å². The van der Waals surface area contributed by atoms with Crippen molar-refractivity contribution >= 4 is 11.8 Å². The number of nitrogens with zero attached hydrogens (tertiary/aromatic N) is 1. The van der Waals surface area contributed by atoms with Gasteiger partial charge < -0.3 is 19.7 Å². The quantitative estimate of drug-likeness (QED) is 0.552. The molecule has 3 rings (SSSR count). The van der Waals surface area contributed by atoms with Gasteiger partial charge in [-0.2, -0.15) is 0 Å². The zero-order valence-corrected chi connectivity index (χ0v) is 18.4. The van der Waals surface area contributed by atoms with E-state index in [0.29, 0.717) is 38.1 Å². The second-order valence-corrected chi connectivity index (χ2v) is 7.76. The molecule has 1 aliphatic rings. The van der Waals surface area contributed by atoms with Crippen molar-refractivity contribution in [2.75, 3.05) is 13.3 Å². The molecule has 166 valence electrons. The number of carbonyl (C=O) groups excluding carboxylic acids is 2. The topological polar surface area (TPSA) is 67.9 Å². The summed E-state index contributed by atoms with van der Waals surface area (Å²) in [5.74, 6) is 1.34. The van der Waals surface area contributed by atoms with Gasteiger partial charge in [0.1, 0.15) is 6.04 Å². The van der Waals surface area contributed by atoms with E-state index < -0.39 is 6.04 Å². The molecule has 0 bridgehead atoms. The number of fused-ring (bicyclic) bond motifs is 1. The summed E-state index contributed by atoms with van der Waals surface area (Å²) in [7, 11) is 0. The van der Waals surface area contributed by atoms with Crippen LogP contribution in [0.3, 0.4) is 0 Å². The van der Waals surface area contributed by atoms with Crippen LogP contribution in [0.15, 0.2) is 48.5 Å². The molecule has 0 fully saturated rings. The second-order valence-electron chi connectivity index (χ2n) is 7.76. The van der Waals surface area contributed by atoms with Crippen molar-refractivity contribution in [3.63, 3.8) is 0 Å². The fourth-order valence-corrected chi connectivity index (χ4v) is 3.70. The number of carbonyl (C=O) groups is 2. The molecule has 2 amide bonds.